The normalized spacial score (nSPS) is 12.5. The Morgan fingerprint density at radius 3 is 1.58 bits per heavy atom. The molecule has 1 N–H and O–H groups in total. The average molecular weight is 674 g/mol. The van der Waals surface area contributed by atoms with Gasteiger partial charge in [-0.3, -0.25) is 5.32 Å². The van der Waals surface area contributed by atoms with Crippen LogP contribution in [0.2, 0.25) is 0 Å². The molecule has 6 nitrogen and oxygen atoms in total. The van der Waals surface area contributed by atoms with Gasteiger partial charge >= 0.3 is 0 Å². The van der Waals surface area contributed by atoms with Gasteiger partial charge in [0.25, 0.3) is 8.53 Å². The molecular weight excluding hydrogens is 613 g/mol. The van der Waals surface area contributed by atoms with Crippen molar-refractivity contribution in [2.75, 3.05) is 26.9 Å². The Balaban J connectivity index is 1.38. The van der Waals surface area contributed by atoms with Crippen LogP contribution in [0.3, 0.4) is 0 Å². The number of nitriles is 1. The number of nitrogens with zero attached hydrogens (tertiary/aromatic N) is 2. The highest BCUT2D eigenvalue weighted by atomic mass is 31.2. The standard InChI is InChI=1S/C41H60N3O3P/c1-35(2)44(36(3)4)48(47-34-22-31-42)46-33-21-13-11-9-7-6-8-10-12-20-32-43-41(37-23-16-14-17-24-37,38-25-18-15-19-26-38)39-27-29-40(45-5)30-28-39/h14-19,23-30,35-36,43H,6-13,20-22,32-34H2,1-5H3. The van der Waals surface area contributed by atoms with Crippen molar-refractivity contribution in [2.45, 2.75) is 116 Å². The molecule has 0 aliphatic carbocycles. The summed E-state index contributed by atoms with van der Waals surface area (Å²) >= 11 is 0. The lowest BCUT2D eigenvalue weighted by molar-refractivity contribution is 0.174. The van der Waals surface area contributed by atoms with Gasteiger partial charge in [0.2, 0.25) is 0 Å². The Morgan fingerprint density at radius 1 is 0.646 bits per heavy atom. The fourth-order valence-electron chi connectivity index (χ4n) is 6.40. The summed E-state index contributed by atoms with van der Waals surface area (Å²) in [5.74, 6) is 0.867. The Labute approximate surface area is 293 Å². The van der Waals surface area contributed by atoms with Crippen LogP contribution in [0.4, 0.5) is 0 Å². The SMILES string of the molecule is COc1ccc(C(NCCCCCCCCCCCCOP(OCCC#N)N(C(C)C)C(C)C)(c2ccccc2)c2ccccc2)cc1. The highest BCUT2D eigenvalue weighted by Crippen LogP contribution is 2.46. The Hall–Kier alpha value is -2.78. The molecule has 0 aromatic heterocycles. The lowest BCUT2D eigenvalue weighted by atomic mass is 9.77. The zero-order valence-corrected chi connectivity index (χ0v) is 31.1. The molecular formula is C41H60N3O3P. The molecule has 7 heteroatoms. The third-order valence-corrected chi connectivity index (χ3v) is 10.9. The van der Waals surface area contributed by atoms with E-state index in [1.54, 1.807) is 7.11 Å². The highest BCUT2D eigenvalue weighted by molar-refractivity contribution is 7.44. The summed E-state index contributed by atoms with van der Waals surface area (Å²) in [5.41, 5.74) is 3.26. The van der Waals surface area contributed by atoms with Crippen molar-refractivity contribution >= 4 is 8.53 Å². The van der Waals surface area contributed by atoms with E-state index in [1.807, 2.05) is 0 Å². The van der Waals surface area contributed by atoms with Gasteiger partial charge in [0, 0.05) is 12.1 Å². The van der Waals surface area contributed by atoms with Crippen molar-refractivity contribution in [3.8, 4) is 11.8 Å². The molecule has 0 fully saturated rings. The Bertz CT molecular complexity index is 1230. The fraction of sp³-hybridized carbons (Fsp3) is 0.537. The Morgan fingerprint density at radius 2 is 1.10 bits per heavy atom. The van der Waals surface area contributed by atoms with Gasteiger partial charge in [-0.2, -0.15) is 5.26 Å². The van der Waals surface area contributed by atoms with Gasteiger partial charge in [0.1, 0.15) is 5.75 Å². The molecule has 0 amide bonds. The first kappa shape index (κ1) is 39.7. The highest BCUT2D eigenvalue weighted by Gasteiger charge is 2.35. The molecule has 0 saturated heterocycles. The van der Waals surface area contributed by atoms with E-state index in [1.165, 1.54) is 68.1 Å². The van der Waals surface area contributed by atoms with Gasteiger partial charge in [0.05, 0.1) is 38.4 Å². The Kier molecular flexibility index (Phi) is 18.8. The first-order chi connectivity index (χ1) is 23.4. The molecule has 3 aromatic rings. The lowest BCUT2D eigenvalue weighted by Gasteiger charge is -2.37. The molecule has 0 aliphatic rings. The molecule has 0 heterocycles. The lowest BCUT2D eigenvalue weighted by Crippen LogP contribution is -2.45. The summed E-state index contributed by atoms with van der Waals surface area (Å²) in [4.78, 5) is 0. The van der Waals surface area contributed by atoms with E-state index >= 15 is 0 Å². The molecule has 1 unspecified atom stereocenters. The number of hydrogen-bond acceptors (Lipinski definition) is 6. The van der Waals surface area contributed by atoms with Crippen LogP contribution in [0.1, 0.15) is 115 Å². The van der Waals surface area contributed by atoms with E-state index in [4.69, 9.17) is 19.0 Å². The number of unbranched alkanes of at least 4 members (excludes halogenated alkanes) is 9. The van der Waals surface area contributed by atoms with Crippen LogP contribution in [-0.4, -0.2) is 43.6 Å². The minimum absolute atomic E-state index is 0.339. The maximum absolute atomic E-state index is 8.90. The maximum atomic E-state index is 8.90. The first-order valence-electron chi connectivity index (χ1n) is 18.2. The number of methoxy groups -OCH3 is 1. The quantitative estimate of drug-likeness (QED) is 0.0548. The second-order valence-corrected chi connectivity index (χ2v) is 14.5. The van der Waals surface area contributed by atoms with Gasteiger partial charge in [-0.1, -0.05) is 124 Å². The van der Waals surface area contributed by atoms with Crippen molar-refractivity contribution in [3.63, 3.8) is 0 Å². The summed E-state index contributed by atoms with van der Waals surface area (Å²) < 4.78 is 20.0. The van der Waals surface area contributed by atoms with Crippen molar-refractivity contribution < 1.29 is 13.8 Å². The molecule has 0 saturated carbocycles. The van der Waals surface area contributed by atoms with E-state index in [0.29, 0.717) is 25.1 Å². The van der Waals surface area contributed by atoms with Crippen molar-refractivity contribution in [3.05, 3.63) is 102 Å². The third-order valence-electron chi connectivity index (χ3n) is 8.76. The van der Waals surface area contributed by atoms with Gasteiger partial charge in [-0.15, -0.1) is 0 Å². The molecule has 1 atom stereocenters. The minimum Gasteiger partial charge on any atom is -0.497 e. The molecule has 262 valence electrons. The number of hydrogen-bond donors (Lipinski definition) is 1. The van der Waals surface area contributed by atoms with Crippen molar-refractivity contribution in [1.82, 2.24) is 9.99 Å². The summed E-state index contributed by atoms with van der Waals surface area (Å²) in [6, 6.07) is 33.0. The van der Waals surface area contributed by atoms with Gasteiger partial charge in [-0.05, 0) is 75.9 Å². The number of nitrogens with one attached hydrogen (secondary N) is 1. The third kappa shape index (κ3) is 12.6. The minimum atomic E-state index is -1.13. The van der Waals surface area contributed by atoms with E-state index in [9.17, 15) is 0 Å². The zero-order chi connectivity index (χ0) is 34.5. The maximum Gasteiger partial charge on any atom is 0.259 e. The summed E-state index contributed by atoms with van der Waals surface area (Å²) in [6.07, 6.45) is 12.8. The average Bonchev–Trinajstić information content (AvgIpc) is 3.10. The van der Waals surface area contributed by atoms with Crippen LogP contribution in [0.25, 0.3) is 0 Å². The predicted octanol–water partition coefficient (Wildman–Crippen LogP) is 10.8. The molecule has 48 heavy (non-hydrogen) atoms. The largest absolute Gasteiger partial charge is 0.497 e. The number of ether oxygens (including phenoxy) is 1. The fourth-order valence-corrected chi connectivity index (χ4v) is 8.02. The van der Waals surface area contributed by atoms with E-state index in [-0.39, 0.29) is 0 Å². The van der Waals surface area contributed by atoms with Crippen LogP contribution in [-0.2, 0) is 14.6 Å². The monoisotopic (exact) mass is 673 g/mol. The van der Waals surface area contributed by atoms with E-state index in [2.05, 4.69) is 129 Å². The first-order valence-corrected chi connectivity index (χ1v) is 19.3. The molecule has 0 bridgehead atoms. The second kappa shape index (κ2) is 22.8. The van der Waals surface area contributed by atoms with Crippen LogP contribution in [0, 0.1) is 11.3 Å². The molecule has 3 rings (SSSR count). The van der Waals surface area contributed by atoms with Crippen molar-refractivity contribution in [1.29, 1.82) is 5.26 Å². The van der Waals surface area contributed by atoms with Crippen LogP contribution >= 0.6 is 8.53 Å². The van der Waals surface area contributed by atoms with Gasteiger partial charge in [0.15, 0.2) is 0 Å². The second-order valence-electron chi connectivity index (χ2n) is 13.1. The summed E-state index contributed by atoms with van der Waals surface area (Å²) in [5, 5.41) is 12.9. The molecule has 0 radical (unpaired) electrons. The number of benzene rings is 3. The van der Waals surface area contributed by atoms with Crippen LogP contribution in [0.15, 0.2) is 84.9 Å². The molecule has 0 aliphatic heterocycles. The summed E-state index contributed by atoms with van der Waals surface area (Å²) in [7, 11) is 0.592. The molecule has 3 aromatic carbocycles. The van der Waals surface area contributed by atoms with E-state index < -0.39 is 14.1 Å². The topological polar surface area (TPSA) is 66.8 Å². The molecule has 0 spiro atoms. The predicted molar refractivity (Wildman–Crippen MR) is 201 cm³/mol. The van der Waals surface area contributed by atoms with Crippen LogP contribution < -0.4 is 10.1 Å². The zero-order valence-electron chi connectivity index (χ0n) is 30.2. The smallest absolute Gasteiger partial charge is 0.259 e. The van der Waals surface area contributed by atoms with Gasteiger partial charge < -0.3 is 13.8 Å². The van der Waals surface area contributed by atoms with Crippen LogP contribution in [0.5, 0.6) is 5.75 Å². The van der Waals surface area contributed by atoms with E-state index in [0.717, 1.165) is 31.7 Å². The van der Waals surface area contributed by atoms with Gasteiger partial charge in [-0.25, -0.2) is 4.67 Å². The van der Waals surface area contributed by atoms with Crippen molar-refractivity contribution in [2.24, 2.45) is 0 Å². The summed E-state index contributed by atoms with van der Waals surface area (Å²) in [6.45, 7) is 10.8. The number of rotatable bonds is 25.